The van der Waals surface area contributed by atoms with Crippen molar-refractivity contribution in [3.63, 3.8) is 0 Å². The molecule has 1 N–H and O–H groups in total. The van der Waals surface area contributed by atoms with E-state index in [9.17, 15) is 8.42 Å². The van der Waals surface area contributed by atoms with Gasteiger partial charge in [0.25, 0.3) is 0 Å². The largest absolute Gasteiger partial charge is 0.305 e. The first kappa shape index (κ1) is 12.9. The lowest BCUT2D eigenvalue weighted by atomic mass is 10.2. The minimum atomic E-state index is -3.02. The second-order valence-corrected chi connectivity index (χ2v) is 6.57. The zero-order valence-corrected chi connectivity index (χ0v) is 11.2. The van der Waals surface area contributed by atoms with Crippen LogP contribution in [0.25, 0.3) is 0 Å². The summed E-state index contributed by atoms with van der Waals surface area (Å²) < 4.78 is 22.4. The van der Waals surface area contributed by atoms with Gasteiger partial charge in [-0.1, -0.05) is 41.4 Å². The Morgan fingerprint density at radius 2 is 2.12 bits per heavy atom. The van der Waals surface area contributed by atoms with Crippen molar-refractivity contribution in [3.8, 4) is 0 Å². The lowest BCUT2D eigenvalue weighted by Gasteiger charge is -2.11. The van der Waals surface area contributed by atoms with Crippen molar-refractivity contribution >= 4 is 33.0 Å². The van der Waals surface area contributed by atoms with E-state index in [1.807, 2.05) is 12.1 Å². The maximum Gasteiger partial charge on any atom is 0.173 e. The van der Waals surface area contributed by atoms with Crippen LogP contribution in [0.5, 0.6) is 0 Å². The predicted octanol–water partition coefficient (Wildman–Crippen LogP) is 2.39. The van der Waals surface area contributed by atoms with Crippen LogP contribution in [0.1, 0.15) is 5.56 Å². The molecular formula is C11H11Cl2NO2S. The van der Waals surface area contributed by atoms with Gasteiger partial charge in [0, 0.05) is 18.0 Å². The summed E-state index contributed by atoms with van der Waals surface area (Å²) in [6, 6.07) is 5.23. The third-order valence-corrected chi connectivity index (χ3v) is 4.77. The highest BCUT2D eigenvalue weighted by atomic mass is 35.5. The van der Waals surface area contributed by atoms with E-state index in [0.717, 1.165) is 5.56 Å². The van der Waals surface area contributed by atoms with Crippen LogP contribution in [0.15, 0.2) is 29.7 Å². The van der Waals surface area contributed by atoms with E-state index in [0.29, 0.717) is 16.6 Å². The molecule has 1 unspecified atom stereocenters. The lowest BCUT2D eigenvalue weighted by molar-refractivity contribution is 0.590. The number of sulfone groups is 1. The minimum Gasteiger partial charge on any atom is -0.305 e. The van der Waals surface area contributed by atoms with Crippen LogP contribution in [-0.4, -0.2) is 20.2 Å². The average Bonchev–Trinajstić information content (AvgIpc) is 2.61. The highest BCUT2D eigenvalue weighted by Crippen LogP contribution is 2.25. The van der Waals surface area contributed by atoms with Gasteiger partial charge in [0.05, 0.1) is 15.8 Å². The van der Waals surface area contributed by atoms with Crippen LogP contribution in [0.4, 0.5) is 0 Å². The molecule has 0 radical (unpaired) electrons. The summed E-state index contributed by atoms with van der Waals surface area (Å²) in [4.78, 5) is 0. The predicted molar refractivity (Wildman–Crippen MR) is 70.0 cm³/mol. The number of benzene rings is 1. The zero-order valence-electron chi connectivity index (χ0n) is 8.86. The van der Waals surface area contributed by atoms with Crippen molar-refractivity contribution < 1.29 is 8.42 Å². The minimum absolute atomic E-state index is 0.102. The Bertz CT molecular complexity index is 555. The summed E-state index contributed by atoms with van der Waals surface area (Å²) in [5, 5.41) is 5.36. The van der Waals surface area contributed by atoms with E-state index in [2.05, 4.69) is 5.32 Å². The summed E-state index contributed by atoms with van der Waals surface area (Å²) in [6.07, 6.45) is 1.65. The van der Waals surface area contributed by atoms with Gasteiger partial charge in [-0.3, -0.25) is 0 Å². The van der Waals surface area contributed by atoms with E-state index in [1.54, 1.807) is 12.1 Å². The number of halogens is 2. The van der Waals surface area contributed by atoms with Crippen molar-refractivity contribution in [1.82, 2.24) is 5.32 Å². The van der Waals surface area contributed by atoms with Crippen LogP contribution in [0, 0.1) is 0 Å². The molecule has 6 heteroatoms. The Balaban J connectivity index is 2.00. The van der Waals surface area contributed by atoms with E-state index < -0.39 is 9.84 Å². The molecule has 1 aromatic rings. The molecule has 1 aliphatic rings. The molecule has 1 aromatic carbocycles. The number of hydrogen-bond acceptors (Lipinski definition) is 3. The standard InChI is InChI=1S/C11H11Cl2NO2S/c12-10-3-1-2-8(11(10)13)6-14-9-4-5-17(15,16)7-9/h1-5,9,14H,6-7H2. The van der Waals surface area contributed by atoms with E-state index in [-0.39, 0.29) is 11.8 Å². The van der Waals surface area contributed by atoms with Gasteiger partial charge in [-0.2, -0.15) is 0 Å². The molecule has 92 valence electrons. The normalized spacial score (nSPS) is 21.9. The van der Waals surface area contributed by atoms with Crippen LogP contribution in [0.3, 0.4) is 0 Å². The molecule has 1 atom stereocenters. The van der Waals surface area contributed by atoms with Crippen LogP contribution >= 0.6 is 23.2 Å². The number of hydrogen-bond donors (Lipinski definition) is 1. The lowest BCUT2D eigenvalue weighted by Crippen LogP contribution is -2.29. The molecule has 0 spiro atoms. The molecule has 2 rings (SSSR count). The van der Waals surface area contributed by atoms with Crippen LogP contribution < -0.4 is 5.32 Å². The highest BCUT2D eigenvalue weighted by molar-refractivity contribution is 7.94. The Hall–Kier alpha value is -0.550. The molecule has 0 saturated heterocycles. The molecule has 0 aliphatic carbocycles. The molecule has 0 saturated carbocycles. The molecule has 1 aliphatic heterocycles. The van der Waals surface area contributed by atoms with E-state index in [4.69, 9.17) is 23.2 Å². The first-order valence-corrected chi connectivity index (χ1v) is 7.52. The topological polar surface area (TPSA) is 46.2 Å². The highest BCUT2D eigenvalue weighted by Gasteiger charge is 2.21. The van der Waals surface area contributed by atoms with Crippen LogP contribution in [-0.2, 0) is 16.4 Å². The Morgan fingerprint density at radius 3 is 2.76 bits per heavy atom. The van der Waals surface area contributed by atoms with Gasteiger partial charge in [-0.15, -0.1) is 0 Å². The summed E-state index contributed by atoms with van der Waals surface area (Å²) in [5.41, 5.74) is 0.858. The van der Waals surface area contributed by atoms with Gasteiger partial charge < -0.3 is 5.32 Å². The van der Waals surface area contributed by atoms with Gasteiger partial charge in [-0.25, -0.2) is 8.42 Å². The molecule has 0 bridgehead atoms. The maximum atomic E-state index is 11.2. The monoisotopic (exact) mass is 291 g/mol. The van der Waals surface area contributed by atoms with Crippen molar-refractivity contribution in [3.05, 3.63) is 45.3 Å². The summed E-state index contributed by atoms with van der Waals surface area (Å²) in [7, 11) is -3.02. The molecule has 3 nitrogen and oxygen atoms in total. The Morgan fingerprint density at radius 1 is 1.35 bits per heavy atom. The first-order chi connectivity index (χ1) is 7.98. The summed E-state index contributed by atoms with van der Waals surface area (Å²) in [6.45, 7) is 0.490. The Kier molecular flexibility index (Phi) is 3.78. The number of nitrogens with one attached hydrogen (secondary N) is 1. The van der Waals surface area contributed by atoms with Crippen molar-refractivity contribution in [2.75, 3.05) is 5.75 Å². The van der Waals surface area contributed by atoms with Gasteiger partial charge in [0.1, 0.15) is 0 Å². The summed E-state index contributed by atoms with van der Waals surface area (Å²) in [5.74, 6) is 0.102. The van der Waals surface area contributed by atoms with Gasteiger partial charge >= 0.3 is 0 Å². The van der Waals surface area contributed by atoms with E-state index >= 15 is 0 Å². The maximum absolute atomic E-state index is 11.2. The van der Waals surface area contributed by atoms with Gasteiger partial charge in [0.2, 0.25) is 0 Å². The fourth-order valence-electron chi connectivity index (χ4n) is 1.63. The summed E-state index contributed by atoms with van der Waals surface area (Å²) >= 11 is 11.9. The number of rotatable bonds is 3. The molecule has 17 heavy (non-hydrogen) atoms. The average molecular weight is 292 g/mol. The third-order valence-electron chi connectivity index (χ3n) is 2.52. The molecule has 1 heterocycles. The molecule has 0 amide bonds. The van der Waals surface area contributed by atoms with Crippen molar-refractivity contribution in [2.24, 2.45) is 0 Å². The second kappa shape index (κ2) is 4.98. The quantitative estimate of drug-likeness (QED) is 0.930. The smallest absolute Gasteiger partial charge is 0.173 e. The first-order valence-electron chi connectivity index (χ1n) is 5.05. The van der Waals surface area contributed by atoms with E-state index in [1.165, 1.54) is 5.41 Å². The fourth-order valence-corrected chi connectivity index (χ4v) is 3.29. The third kappa shape index (κ3) is 3.22. The zero-order chi connectivity index (χ0) is 12.5. The second-order valence-electron chi connectivity index (χ2n) is 3.86. The molecule has 0 fully saturated rings. The Labute approximate surface area is 110 Å². The van der Waals surface area contributed by atoms with Crippen molar-refractivity contribution in [2.45, 2.75) is 12.6 Å². The SMILES string of the molecule is O=S1(=O)C=CC(NCc2cccc(Cl)c2Cl)C1. The fraction of sp³-hybridized carbons (Fsp3) is 0.273. The van der Waals surface area contributed by atoms with Crippen LogP contribution in [0.2, 0.25) is 10.0 Å². The van der Waals surface area contributed by atoms with Crippen molar-refractivity contribution in [1.29, 1.82) is 0 Å². The molecule has 0 aromatic heterocycles. The van der Waals surface area contributed by atoms with Gasteiger partial charge in [0.15, 0.2) is 9.84 Å². The van der Waals surface area contributed by atoms with Gasteiger partial charge in [-0.05, 0) is 11.6 Å². The molecular weight excluding hydrogens is 281 g/mol.